The third-order valence-electron chi connectivity index (χ3n) is 3.93. The summed E-state index contributed by atoms with van der Waals surface area (Å²) < 4.78 is 30.8. The second-order valence-electron chi connectivity index (χ2n) is 5.94. The lowest BCUT2D eigenvalue weighted by Gasteiger charge is -2.07. The van der Waals surface area contributed by atoms with Gasteiger partial charge in [-0.05, 0) is 43.0 Å². The van der Waals surface area contributed by atoms with Gasteiger partial charge in [-0.2, -0.15) is 0 Å². The molecule has 0 atom stereocenters. The standard InChI is InChI=1S/C18H16F2N2O4S/c19-12-5-4-11(7-13(12)20)22-16(23)8-21-17(24)9-26-18(25)15-6-10-2-1-3-14(10)27-15/h4-7H,1-3,8-9H2,(H,21,24)(H,22,23). The fraction of sp³-hybridized carbons (Fsp3) is 0.278. The van der Waals surface area contributed by atoms with Gasteiger partial charge in [0.25, 0.3) is 5.91 Å². The minimum Gasteiger partial charge on any atom is -0.451 e. The van der Waals surface area contributed by atoms with Crippen LogP contribution in [0.4, 0.5) is 14.5 Å². The predicted octanol–water partition coefficient (Wildman–Crippen LogP) is 2.43. The highest BCUT2D eigenvalue weighted by Crippen LogP contribution is 2.30. The number of thiophene rings is 1. The number of halogens is 2. The summed E-state index contributed by atoms with van der Waals surface area (Å²) in [5.74, 6) is -3.97. The van der Waals surface area contributed by atoms with E-state index in [-0.39, 0.29) is 5.69 Å². The van der Waals surface area contributed by atoms with Gasteiger partial charge in [-0.15, -0.1) is 11.3 Å². The van der Waals surface area contributed by atoms with E-state index >= 15 is 0 Å². The lowest BCUT2D eigenvalue weighted by molar-refractivity contribution is -0.126. The van der Waals surface area contributed by atoms with Crippen LogP contribution in [0.3, 0.4) is 0 Å². The van der Waals surface area contributed by atoms with Gasteiger partial charge in [0, 0.05) is 16.6 Å². The maximum Gasteiger partial charge on any atom is 0.348 e. The summed E-state index contributed by atoms with van der Waals surface area (Å²) >= 11 is 1.38. The van der Waals surface area contributed by atoms with Crippen molar-refractivity contribution >= 4 is 34.8 Å². The quantitative estimate of drug-likeness (QED) is 0.737. The Bertz CT molecular complexity index is 876. The van der Waals surface area contributed by atoms with Crippen LogP contribution in [-0.2, 0) is 27.2 Å². The Hall–Kier alpha value is -2.81. The smallest absolute Gasteiger partial charge is 0.348 e. The number of aryl methyl sites for hydroxylation is 2. The fourth-order valence-corrected chi connectivity index (χ4v) is 3.79. The Balaban J connectivity index is 1.40. The number of rotatable bonds is 6. The van der Waals surface area contributed by atoms with Gasteiger partial charge in [-0.1, -0.05) is 0 Å². The molecule has 0 saturated heterocycles. The lowest BCUT2D eigenvalue weighted by atomic mass is 10.2. The molecule has 1 aliphatic carbocycles. The number of amides is 2. The Morgan fingerprint density at radius 2 is 1.89 bits per heavy atom. The number of nitrogens with one attached hydrogen (secondary N) is 2. The summed E-state index contributed by atoms with van der Waals surface area (Å²) in [5, 5.41) is 4.59. The molecule has 0 bridgehead atoms. The van der Waals surface area contributed by atoms with E-state index in [0.29, 0.717) is 4.88 Å². The zero-order valence-electron chi connectivity index (χ0n) is 14.1. The summed E-state index contributed by atoms with van der Waals surface area (Å²) in [5.41, 5.74) is 1.22. The Morgan fingerprint density at radius 3 is 2.63 bits per heavy atom. The van der Waals surface area contributed by atoms with Gasteiger partial charge in [0.1, 0.15) is 4.88 Å². The van der Waals surface area contributed by atoms with Crippen LogP contribution in [0, 0.1) is 11.6 Å². The molecule has 2 N–H and O–H groups in total. The normalized spacial score (nSPS) is 12.4. The maximum atomic E-state index is 13.1. The first kappa shape index (κ1) is 19.0. The number of carbonyl (C=O) groups is 3. The molecule has 3 rings (SSSR count). The van der Waals surface area contributed by atoms with E-state index in [1.54, 1.807) is 6.07 Å². The van der Waals surface area contributed by atoms with Gasteiger partial charge in [0.2, 0.25) is 5.91 Å². The van der Waals surface area contributed by atoms with Crippen LogP contribution >= 0.6 is 11.3 Å². The van der Waals surface area contributed by atoms with Crippen molar-refractivity contribution in [2.75, 3.05) is 18.5 Å². The average molecular weight is 394 g/mol. The molecule has 1 aliphatic rings. The van der Waals surface area contributed by atoms with Gasteiger partial charge in [0.05, 0.1) is 6.54 Å². The SMILES string of the molecule is O=C(COC(=O)c1cc2c(s1)CCC2)NCC(=O)Nc1ccc(F)c(F)c1. The maximum absolute atomic E-state index is 13.1. The molecule has 0 unspecified atom stereocenters. The van der Waals surface area contributed by atoms with Crippen molar-refractivity contribution in [2.24, 2.45) is 0 Å². The fourth-order valence-electron chi connectivity index (χ4n) is 2.64. The average Bonchev–Trinajstić information content (AvgIpc) is 3.23. The minimum atomic E-state index is -1.09. The zero-order chi connectivity index (χ0) is 19.4. The van der Waals surface area contributed by atoms with E-state index in [0.717, 1.165) is 37.0 Å². The van der Waals surface area contributed by atoms with Crippen LogP contribution in [0.5, 0.6) is 0 Å². The van der Waals surface area contributed by atoms with Crippen LogP contribution in [0.1, 0.15) is 26.5 Å². The molecule has 9 heteroatoms. The van der Waals surface area contributed by atoms with Gasteiger partial charge < -0.3 is 15.4 Å². The van der Waals surface area contributed by atoms with E-state index in [1.165, 1.54) is 22.3 Å². The van der Waals surface area contributed by atoms with Gasteiger partial charge in [-0.25, -0.2) is 13.6 Å². The Labute approximate surface area is 157 Å². The second-order valence-corrected chi connectivity index (χ2v) is 7.08. The number of hydrogen-bond acceptors (Lipinski definition) is 5. The van der Waals surface area contributed by atoms with Gasteiger partial charge >= 0.3 is 5.97 Å². The molecular formula is C18H16F2N2O4S. The molecule has 0 aliphatic heterocycles. The van der Waals surface area contributed by atoms with Crippen molar-refractivity contribution in [3.8, 4) is 0 Å². The Kier molecular flexibility index (Phi) is 5.80. The molecule has 0 spiro atoms. The molecule has 0 radical (unpaired) electrons. The van der Waals surface area contributed by atoms with Crippen molar-refractivity contribution in [3.63, 3.8) is 0 Å². The summed E-state index contributed by atoms with van der Waals surface area (Å²) in [7, 11) is 0. The Morgan fingerprint density at radius 1 is 1.07 bits per heavy atom. The number of fused-ring (bicyclic) bond motifs is 1. The van der Waals surface area contributed by atoms with Crippen LogP contribution < -0.4 is 10.6 Å². The highest BCUT2D eigenvalue weighted by Gasteiger charge is 2.20. The van der Waals surface area contributed by atoms with E-state index in [9.17, 15) is 23.2 Å². The van der Waals surface area contributed by atoms with Crippen molar-refractivity contribution in [3.05, 3.63) is 51.2 Å². The van der Waals surface area contributed by atoms with Crippen molar-refractivity contribution < 1.29 is 27.9 Å². The molecule has 1 aromatic carbocycles. The van der Waals surface area contributed by atoms with E-state index in [4.69, 9.17) is 4.74 Å². The molecule has 1 heterocycles. The largest absolute Gasteiger partial charge is 0.451 e. The van der Waals surface area contributed by atoms with Crippen LogP contribution in [-0.4, -0.2) is 30.9 Å². The van der Waals surface area contributed by atoms with Crippen LogP contribution in [0.15, 0.2) is 24.3 Å². The van der Waals surface area contributed by atoms with Crippen molar-refractivity contribution in [1.82, 2.24) is 5.32 Å². The minimum absolute atomic E-state index is 0.0605. The first-order valence-electron chi connectivity index (χ1n) is 8.22. The summed E-state index contributed by atoms with van der Waals surface area (Å²) in [4.78, 5) is 37.0. The van der Waals surface area contributed by atoms with Gasteiger partial charge in [-0.3, -0.25) is 9.59 Å². The number of anilines is 1. The number of hydrogen-bond donors (Lipinski definition) is 2. The topological polar surface area (TPSA) is 84.5 Å². The molecule has 6 nitrogen and oxygen atoms in total. The molecule has 0 saturated carbocycles. The molecule has 142 valence electrons. The highest BCUT2D eigenvalue weighted by molar-refractivity contribution is 7.14. The number of ether oxygens (including phenoxy) is 1. The monoisotopic (exact) mass is 394 g/mol. The van der Waals surface area contributed by atoms with Crippen LogP contribution in [0.2, 0.25) is 0 Å². The summed E-state index contributed by atoms with van der Waals surface area (Å²) in [6.45, 7) is -0.914. The third kappa shape index (κ3) is 4.88. The molecule has 2 amide bonds. The predicted molar refractivity (Wildman–Crippen MR) is 94.6 cm³/mol. The van der Waals surface area contributed by atoms with Gasteiger partial charge in [0.15, 0.2) is 18.2 Å². The number of carbonyl (C=O) groups excluding carboxylic acids is 3. The molecular weight excluding hydrogens is 378 g/mol. The highest BCUT2D eigenvalue weighted by atomic mass is 32.1. The zero-order valence-corrected chi connectivity index (χ0v) is 15.0. The number of benzene rings is 1. The van der Waals surface area contributed by atoms with E-state index < -0.39 is 42.6 Å². The van der Waals surface area contributed by atoms with E-state index in [2.05, 4.69) is 10.6 Å². The first-order valence-corrected chi connectivity index (χ1v) is 9.04. The summed E-state index contributed by atoms with van der Waals surface area (Å²) in [6, 6.07) is 4.69. The van der Waals surface area contributed by atoms with Crippen LogP contribution in [0.25, 0.3) is 0 Å². The summed E-state index contributed by atoms with van der Waals surface area (Å²) in [6.07, 6.45) is 3.00. The lowest BCUT2D eigenvalue weighted by Crippen LogP contribution is -2.35. The molecule has 2 aromatic rings. The first-order chi connectivity index (χ1) is 12.9. The third-order valence-corrected chi connectivity index (χ3v) is 5.15. The number of esters is 1. The molecule has 27 heavy (non-hydrogen) atoms. The van der Waals surface area contributed by atoms with Crippen molar-refractivity contribution in [1.29, 1.82) is 0 Å². The van der Waals surface area contributed by atoms with Crippen molar-refractivity contribution in [2.45, 2.75) is 19.3 Å². The molecule has 0 fully saturated rings. The second kappa shape index (κ2) is 8.26. The van der Waals surface area contributed by atoms with E-state index in [1.807, 2.05) is 0 Å². The molecule has 1 aromatic heterocycles.